The number of nitrogens with zero attached hydrogens (tertiary/aromatic N) is 10. The molecule has 0 bridgehead atoms. The van der Waals surface area contributed by atoms with E-state index in [0.29, 0.717) is 11.5 Å². The number of ether oxygens (including phenoxy) is 7. The van der Waals surface area contributed by atoms with Crippen molar-refractivity contribution in [3.8, 4) is 11.5 Å². The number of hydrogen-bond donors (Lipinski definition) is 15. The molecule has 104 heavy (non-hydrogen) atoms. The Morgan fingerprint density at radius 3 is 1.36 bits per heavy atom. The van der Waals surface area contributed by atoms with Crippen LogP contribution in [0.1, 0.15) is 36.0 Å². The standard InChI is InChI=1S/C56H67N16O29P3/c57-33-11-13-69(55(81)63-33)50-40(77)43(29(19-73)96-50)100-104(87,88)95-21-31-42(39(76)52(98-31)72-24-62-36-46(72)66-54(60)68-48(36)80)91-16-15-89-27-7-3-25(4-8-27)1-2-26-5-9-28(10-6-26)90-17-18-92-102(83,84)93-22-32-44(41(78)51(99-32)70-14-12-34(58)64-56(70)82)101-103(85,86)94-20-30-37(74)38(75)49(97-30)71-23-61-35-45(71)65-53(59)67-47(35)79/h1-14,23-24,29-32,37-44,49-52,73-78H,15-22H2,(H,83,84)(H,85,86)(H,87,88)(H2,57,63,81)(H2,58,64,82)(H3,59,65,67,79)(H3,60,66,68,80)/b2-1+/t29-,30-,31-,32-,37-,38-,39-,40-,41-,42-,43-,44-,49-,50-,51-,52-/m1/s1. The number of hydrogen-bond acceptors (Lipinski definition) is 36. The van der Waals surface area contributed by atoms with E-state index in [1.54, 1.807) is 60.7 Å². The van der Waals surface area contributed by atoms with Gasteiger partial charge in [-0.05, 0) is 47.5 Å². The molecular formula is C56H67N16O29P3. The van der Waals surface area contributed by atoms with Crippen LogP contribution < -0.4 is 54.9 Å². The predicted molar refractivity (Wildman–Crippen MR) is 349 cm³/mol. The van der Waals surface area contributed by atoms with Gasteiger partial charge in [0.2, 0.25) is 11.9 Å². The molecule has 2 aromatic carbocycles. The summed E-state index contributed by atoms with van der Waals surface area (Å²) >= 11 is 0. The first-order chi connectivity index (χ1) is 49.5. The van der Waals surface area contributed by atoms with E-state index in [1.165, 1.54) is 16.7 Å². The number of aliphatic hydroxyl groups is 6. The van der Waals surface area contributed by atoms with Gasteiger partial charge in [0.05, 0.1) is 52.3 Å². The Hall–Kier alpha value is -8.67. The number of rotatable bonds is 30. The Balaban J connectivity index is 0.601. The van der Waals surface area contributed by atoms with Crippen LogP contribution in [0.15, 0.2) is 105 Å². The molecule has 4 fully saturated rings. The number of nitrogens with two attached hydrogens (primary N) is 4. The summed E-state index contributed by atoms with van der Waals surface area (Å²) in [7, 11) is -15.6. The fourth-order valence-electron chi connectivity index (χ4n) is 11.4. The van der Waals surface area contributed by atoms with Crippen LogP contribution in [0.25, 0.3) is 34.5 Å². The van der Waals surface area contributed by atoms with E-state index in [1.807, 2.05) is 0 Å². The molecule has 45 nitrogen and oxygen atoms in total. The molecule has 0 radical (unpaired) electrons. The second-order valence-electron chi connectivity index (χ2n) is 23.3. The van der Waals surface area contributed by atoms with E-state index in [4.69, 9.17) is 83.2 Å². The highest BCUT2D eigenvalue weighted by Crippen LogP contribution is 2.52. The number of aromatic amines is 2. The first-order valence-electron chi connectivity index (χ1n) is 31.0. The van der Waals surface area contributed by atoms with Gasteiger partial charge in [0.25, 0.3) is 11.1 Å². The summed E-state index contributed by atoms with van der Waals surface area (Å²) in [5, 5.41) is 65.8. The number of H-pyrrole nitrogens is 2. The van der Waals surface area contributed by atoms with Gasteiger partial charge < -0.3 is 101 Å². The second-order valence-corrected chi connectivity index (χ2v) is 27.6. The summed E-state index contributed by atoms with van der Waals surface area (Å²) in [6.07, 6.45) is -18.0. The highest BCUT2D eigenvalue weighted by atomic mass is 31.2. The quantitative estimate of drug-likeness (QED) is 0.0119. The van der Waals surface area contributed by atoms with Crippen molar-refractivity contribution in [3.05, 3.63) is 139 Å². The third kappa shape index (κ3) is 16.8. The molecule has 48 heteroatoms. The maximum atomic E-state index is 13.5. The monoisotopic (exact) mass is 1520 g/mol. The van der Waals surface area contributed by atoms with Crippen molar-refractivity contribution >= 4 is 81.5 Å². The molecule has 12 rings (SSSR count). The molecule has 0 amide bonds. The normalized spacial score (nSPS) is 28.1. The number of phosphoric ester groups is 3. The topological polar surface area (TPSA) is 654 Å². The minimum Gasteiger partial charge on any atom is -0.491 e. The van der Waals surface area contributed by atoms with Crippen LogP contribution in [0.5, 0.6) is 11.5 Å². The van der Waals surface area contributed by atoms with E-state index in [9.17, 15) is 78.2 Å². The summed E-state index contributed by atoms with van der Waals surface area (Å²) in [4.78, 5) is 111. The van der Waals surface area contributed by atoms with Gasteiger partial charge in [-0.1, -0.05) is 36.4 Å². The lowest BCUT2D eigenvalue weighted by molar-refractivity contribution is -0.0691. The van der Waals surface area contributed by atoms with E-state index in [-0.39, 0.29) is 65.7 Å². The van der Waals surface area contributed by atoms with Crippen molar-refractivity contribution in [2.75, 3.05) is 75.8 Å². The van der Waals surface area contributed by atoms with Gasteiger partial charge in [0, 0.05) is 12.4 Å². The number of nitrogens with one attached hydrogen (secondary N) is 2. The zero-order chi connectivity index (χ0) is 74.1. The van der Waals surface area contributed by atoms with Crippen LogP contribution in [0.4, 0.5) is 23.5 Å². The number of imidazole rings is 2. The third-order valence-corrected chi connectivity index (χ3v) is 19.3. The first-order valence-corrected chi connectivity index (χ1v) is 35.5. The van der Waals surface area contributed by atoms with Crippen LogP contribution in [-0.2, 0) is 64.5 Å². The molecule has 3 unspecified atom stereocenters. The van der Waals surface area contributed by atoms with Gasteiger partial charge in [-0.25, -0.2) is 33.3 Å². The van der Waals surface area contributed by atoms with E-state index in [0.717, 1.165) is 49.9 Å². The lowest BCUT2D eigenvalue weighted by Crippen LogP contribution is -2.38. The van der Waals surface area contributed by atoms with Crippen molar-refractivity contribution < 1.29 is 119 Å². The lowest BCUT2D eigenvalue weighted by Gasteiger charge is -2.24. The lowest BCUT2D eigenvalue weighted by atomic mass is 10.1. The number of phosphoric acid groups is 3. The fourth-order valence-corrected chi connectivity index (χ4v) is 14.1. The number of benzene rings is 2. The van der Waals surface area contributed by atoms with Crippen molar-refractivity contribution in [2.24, 2.45) is 0 Å². The molecule has 560 valence electrons. The fraction of sp³-hybridized carbons (Fsp3) is 0.429. The van der Waals surface area contributed by atoms with Crippen molar-refractivity contribution in [3.63, 3.8) is 0 Å². The highest BCUT2D eigenvalue weighted by Gasteiger charge is 2.53. The van der Waals surface area contributed by atoms with Gasteiger partial charge >= 0.3 is 34.8 Å². The maximum Gasteiger partial charge on any atom is 0.472 e. The molecule has 8 aromatic rings. The molecule has 6 aromatic heterocycles. The molecule has 0 saturated carbocycles. The van der Waals surface area contributed by atoms with Gasteiger partial charge in [0.15, 0.2) is 47.2 Å². The van der Waals surface area contributed by atoms with Crippen molar-refractivity contribution in [1.82, 2.24) is 58.1 Å². The Kier molecular flexibility index (Phi) is 22.5. The number of fused-ring (bicyclic) bond motifs is 2. The largest absolute Gasteiger partial charge is 0.491 e. The molecule has 0 aliphatic carbocycles. The predicted octanol–water partition coefficient (Wildman–Crippen LogP) is -3.37. The Labute approximate surface area is 581 Å². The minimum atomic E-state index is -5.38. The van der Waals surface area contributed by atoms with E-state index >= 15 is 0 Å². The first kappa shape index (κ1) is 75.0. The van der Waals surface area contributed by atoms with Crippen LogP contribution >= 0.6 is 23.5 Å². The Morgan fingerprint density at radius 2 is 0.875 bits per heavy atom. The zero-order valence-corrected chi connectivity index (χ0v) is 56.1. The smallest absolute Gasteiger partial charge is 0.472 e. The maximum absolute atomic E-state index is 13.5. The van der Waals surface area contributed by atoms with Crippen LogP contribution in [0.2, 0.25) is 0 Å². The van der Waals surface area contributed by atoms with Crippen molar-refractivity contribution in [2.45, 2.75) is 98.2 Å². The molecule has 19 N–H and O–H groups in total. The number of nitrogen functional groups attached to an aromatic ring is 4. The van der Waals surface area contributed by atoms with Crippen LogP contribution in [0, 0.1) is 0 Å². The van der Waals surface area contributed by atoms with E-state index < -0.39 is 177 Å². The SMILES string of the molecule is Nc1ccn([C@@H]2O[C@H](CO)[C@@H](OP(=O)(O)OC[C@H]3O[C@@H](n4cnc5c(=O)[nH]c(N)nc54)[C@H](O)[C@@H]3OCCOc3ccc(/C=C/c4ccc(OCCOP(=O)(O)OC[C@H]5O[C@@H](n6ccc(N)nc6=O)[C@H](O)[C@@H]5OP(=O)(O)OC[C@H]5O[C@@H](n6cnc7c(=O)[nH]c(N)nc76)[C@H](O)[C@@H]5O)cc4)cc3)[C@H]2O)c(=O)n1. The molecule has 4 aliphatic heterocycles. The summed E-state index contributed by atoms with van der Waals surface area (Å²) in [6.45, 7) is -4.68. The number of anilines is 4. The molecule has 4 aliphatic rings. The van der Waals surface area contributed by atoms with E-state index in [2.05, 4.69) is 39.9 Å². The molecule has 0 spiro atoms. The zero-order valence-electron chi connectivity index (χ0n) is 53.4. The minimum absolute atomic E-state index is 0.0824. The van der Waals surface area contributed by atoms with Gasteiger partial charge in [0.1, 0.15) is 110 Å². The summed E-state index contributed by atoms with van der Waals surface area (Å²) in [5.41, 5.74) is 20.2. The van der Waals surface area contributed by atoms with Gasteiger partial charge in [-0.15, -0.1) is 0 Å². The molecule has 10 heterocycles. The average Bonchev–Trinajstić information content (AvgIpc) is 1.61. The summed E-state index contributed by atoms with van der Waals surface area (Å²) in [5.74, 6) is -0.172. The van der Waals surface area contributed by atoms with Crippen LogP contribution in [-0.4, -0.2) is 230 Å². The Morgan fingerprint density at radius 1 is 0.471 bits per heavy atom. The second kappa shape index (κ2) is 31.2. The van der Waals surface area contributed by atoms with Crippen molar-refractivity contribution in [1.29, 1.82) is 0 Å². The average molecular weight is 1520 g/mol. The number of aliphatic hydroxyl groups excluding tert-OH is 6. The highest BCUT2D eigenvalue weighted by molar-refractivity contribution is 7.48. The summed E-state index contributed by atoms with van der Waals surface area (Å²) < 4.78 is 116. The molecule has 4 saturated heterocycles. The molecule has 19 atom stereocenters. The van der Waals surface area contributed by atoms with Crippen LogP contribution in [0.3, 0.4) is 0 Å². The summed E-state index contributed by atoms with van der Waals surface area (Å²) in [6, 6.07) is 15.9. The molecular weight excluding hydrogens is 1450 g/mol. The third-order valence-electron chi connectivity index (χ3n) is 16.4. The van der Waals surface area contributed by atoms with Gasteiger partial charge in [-0.2, -0.15) is 19.9 Å². The van der Waals surface area contributed by atoms with Gasteiger partial charge in [-0.3, -0.25) is 65.0 Å². The Bertz CT molecular complexity index is 4820. The number of aromatic nitrogens is 12.